The predicted molar refractivity (Wildman–Crippen MR) is 86.0 cm³/mol. The standard InChI is InChI=1S/C19H25NO2/c1-11-10-12(2)19(22)17-16(11)13-6-3-4-7-14(13)18(17)20-9-5-8-15(20)21/h10,13-14,18,22H,3-9H2,1-2H3. The van der Waals surface area contributed by atoms with Gasteiger partial charge in [-0.25, -0.2) is 0 Å². The lowest BCUT2D eigenvalue weighted by Gasteiger charge is -2.35. The van der Waals surface area contributed by atoms with Gasteiger partial charge in [-0.2, -0.15) is 0 Å². The lowest BCUT2D eigenvalue weighted by atomic mass is 9.77. The van der Waals surface area contributed by atoms with Crippen molar-refractivity contribution < 1.29 is 9.90 Å². The Kier molecular flexibility index (Phi) is 3.21. The van der Waals surface area contributed by atoms with Crippen LogP contribution >= 0.6 is 0 Å². The normalized spacial score (nSPS) is 30.5. The van der Waals surface area contributed by atoms with Crippen molar-refractivity contribution in [3.8, 4) is 5.75 Å². The molecule has 4 rings (SSSR count). The number of hydrogen-bond acceptors (Lipinski definition) is 2. The van der Waals surface area contributed by atoms with Gasteiger partial charge in [0.2, 0.25) is 5.91 Å². The van der Waals surface area contributed by atoms with Gasteiger partial charge in [0.15, 0.2) is 0 Å². The summed E-state index contributed by atoms with van der Waals surface area (Å²) in [5, 5.41) is 10.8. The highest BCUT2D eigenvalue weighted by Gasteiger charge is 2.48. The number of phenolic OH excluding ortho intramolecular Hbond substituents is 1. The highest BCUT2D eigenvalue weighted by Crippen LogP contribution is 2.58. The van der Waals surface area contributed by atoms with Gasteiger partial charge in [0.05, 0.1) is 6.04 Å². The first-order valence-corrected chi connectivity index (χ1v) is 8.72. The number of amides is 1. The van der Waals surface area contributed by atoms with Crippen LogP contribution in [-0.4, -0.2) is 22.5 Å². The SMILES string of the molecule is Cc1cc(C)c2c(c1O)C(N1CCCC1=O)C1CCCCC21. The van der Waals surface area contributed by atoms with Gasteiger partial charge in [0.25, 0.3) is 0 Å². The molecule has 1 aliphatic heterocycles. The van der Waals surface area contributed by atoms with Gasteiger partial charge in [0.1, 0.15) is 5.75 Å². The molecule has 118 valence electrons. The molecule has 1 aromatic carbocycles. The van der Waals surface area contributed by atoms with E-state index in [4.69, 9.17) is 0 Å². The maximum atomic E-state index is 12.4. The number of nitrogens with zero attached hydrogens (tertiary/aromatic N) is 1. The Morgan fingerprint density at radius 1 is 1.09 bits per heavy atom. The van der Waals surface area contributed by atoms with Crippen LogP contribution in [0.4, 0.5) is 0 Å². The van der Waals surface area contributed by atoms with Gasteiger partial charge >= 0.3 is 0 Å². The predicted octanol–water partition coefficient (Wildman–Crippen LogP) is 3.96. The van der Waals surface area contributed by atoms with Crippen LogP contribution in [0.1, 0.15) is 72.7 Å². The van der Waals surface area contributed by atoms with Gasteiger partial charge in [0, 0.05) is 18.5 Å². The first-order valence-electron chi connectivity index (χ1n) is 8.72. The molecule has 1 heterocycles. The van der Waals surface area contributed by atoms with E-state index in [1.54, 1.807) is 0 Å². The molecule has 1 N–H and O–H groups in total. The fraction of sp³-hybridized carbons (Fsp3) is 0.632. The van der Waals surface area contributed by atoms with Crippen LogP contribution < -0.4 is 0 Å². The van der Waals surface area contributed by atoms with Gasteiger partial charge < -0.3 is 10.0 Å². The van der Waals surface area contributed by atoms with Crippen molar-refractivity contribution in [2.75, 3.05) is 6.54 Å². The van der Waals surface area contributed by atoms with Crippen LogP contribution in [0.2, 0.25) is 0 Å². The van der Waals surface area contributed by atoms with Crippen LogP contribution in [0.25, 0.3) is 0 Å². The topological polar surface area (TPSA) is 40.5 Å². The first kappa shape index (κ1) is 14.1. The minimum absolute atomic E-state index is 0.119. The number of benzene rings is 1. The average molecular weight is 299 g/mol. The summed E-state index contributed by atoms with van der Waals surface area (Å²) in [5.41, 5.74) is 4.70. The number of carbonyl (C=O) groups excluding carboxylic acids is 1. The van der Waals surface area contributed by atoms with Crippen LogP contribution in [0.5, 0.6) is 5.75 Å². The molecule has 2 fully saturated rings. The highest BCUT2D eigenvalue weighted by atomic mass is 16.3. The molecule has 0 radical (unpaired) electrons. The van der Waals surface area contributed by atoms with E-state index in [-0.39, 0.29) is 11.9 Å². The summed E-state index contributed by atoms with van der Waals surface area (Å²) in [5.74, 6) is 1.77. The smallest absolute Gasteiger partial charge is 0.223 e. The number of rotatable bonds is 1. The van der Waals surface area contributed by atoms with E-state index >= 15 is 0 Å². The number of phenols is 1. The Morgan fingerprint density at radius 3 is 2.59 bits per heavy atom. The second kappa shape index (κ2) is 5.00. The Balaban J connectivity index is 1.90. The fourth-order valence-electron chi connectivity index (χ4n) is 5.27. The van der Waals surface area contributed by atoms with Crippen molar-refractivity contribution in [3.05, 3.63) is 28.3 Å². The lowest BCUT2D eigenvalue weighted by molar-refractivity contribution is -0.131. The Labute approximate surface area is 132 Å². The molecule has 3 aliphatic rings. The van der Waals surface area contributed by atoms with Crippen LogP contribution in [-0.2, 0) is 4.79 Å². The molecule has 3 atom stereocenters. The molecule has 2 aliphatic carbocycles. The summed E-state index contributed by atoms with van der Waals surface area (Å²) in [7, 11) is 0. The molecular formula is C19H25NO2. The lowest BCUT2D eigenvalue weighted by Crippen LogP contribution is -2.34. The van der Waals surface area contributed by atoms with Crippen molar-refractivity contribution in [3.63, 3.8) is 0 Å². The Bertz CT molecular complexity index is 637. The average Bonchev–Trinajstić information content (AvgIpc) is 3.06. The molecule has 3 heteroatoms. The third-order valence-corrected chi connectivity index (χ3v) is 6.11. The maximum Gasteiger partial charge on any atom is 0.223 e. The van der Waals surface area contributed by atoms with E-state index in [0.717, 1.165) is 24.1 Å². The minimum Gasteiger partial charge on any atom is -0.507 e. The van der Waals surface area contributed by atoms with E-state index in [9.17, 15) is 9.90 Å². The summed E-state index contributed by atoms with van der Waals surface area (Å²) in [6.45, 7) is 5.01. The molecule has 1 saturated heterocycles. The van der Waals surface area contributed by atoms with Crippen molar-refractivity contribution in [2.45, 2.75) is 64.3 Å². The number of carbonyl (C=O) groups is 1. The van der Waals surface area contributed by atoms with Gasteiger partial charge in [-0.05, 0) is 61.6 Å². The van der Waals surface area contributed by atoms with Crippen LogP contribution in [0, 0.1) is 19.8 Å². The Morgan fingerprint density at radius 2 is 1.86 bits per heavy atom. The van der Waals surface area contributed by atoms with E-state index in [1.807, 2.05) is 6.92 Å². The Hall–Kier alpha value is -1.51. The third-order valence-electron chi connectivity index (χ3n) is 6.11. The number of aryl methyl sites for hydroxylation is 2. The molecule has 0 spiro atoms. The monoisotopic (exact) mass is 299 g/mol. The second-order valence-corrected chi connectivity index (χ2v) is 7.38. The molecule has 1 amide bonds. The molecule has 3 unspecified atom stereocenters. The number of likely N-dealkylation sites (tertiary alicyclic amines) is 1. The molecule has 0 bridgehead atoms. The molecule has 3 nitrogen and oxygen atoms in total. The zero-order chi connectivity index (χ0) is 15.4. The van der Waals surface area contributed by atoms with Crippen LogP contribution in [0.3, 0.4) is 0 Å². The van der Waals surface area contributed by atoms with Crippen LogP contribution in [0.15, 0.2) is 6.07 Å². The quantitative estimate of drug-likeness (QED) is 0.852. The molecular weight excluding hydrogens is 274 g/mol. The molecule has 1 saturated carbocycles. The molecule has 22 heavy (non-hydrogen) atoms. The summed E-state index contributed by atoms with van der Waals surface area (Å²) in [4.78, 5) is 14.4. The largest absolute Gasteiger partial charge is 0.507 e. The number of hydrogen-bond donors (Lipinski definition) is 1. The third kappa shape index (κ3) is 1.84. The minimum atomic E-state index is 0.119. The van der Waals surface area contributed by atoms with Crippen molar-refractivity contribution >= 4 is 5.91 Å². The number of aromatic hydroxyl groups is 1. The summed E-state index contributed by atoms with van der Waals surface area (Å²) < 4.78 is 0. The van der Waals surface area contributed by atoms with Crippen molar-refractivity contribution in [1.29, 1.82) is 0 Å². The highest BCUT2D eigenvalue weighted by molar-refractivity contribution is 5.79. The van der Waals surface area contributed by atoms with Gasteiger partial charge in [-0.15, -0.1) is 0 Å². The van der Waals surface area contributed by atoms with E-state index in [0.29, 0.717) is 24.0 Å². The second-order valence-electron chi connectivity index (χ2n) is 7.38. The van der Waals surface area contributed by atoms with E-state index in [2.05, 4.69) is 17.9 Å². The van der Waals surface area contributed by atoms with E-state index < -0.39 is 0 Å². The fourth-order valence-corrected chi connectivity index (χ4v) is 5.27. The van der Waals surface area contributed by atoms with Crippen molar-refractivity contribution in [2.24, 2.45) is 5.92 Å². The number of fused-ring (bicyclic) bond motifs is 3. The van der Waals surface area contributed by atoms with Crippen molar-refractivity contribution in [1.82, 2.24) is 4.90 Å². The maximum absolute atomic E-state index is 12.4. The summed E-state index contributed by atoms with van der Waals surface area (Å²) in [6.07, 6.45) is 6.56. The zero-order valence-electron chi connectivity index (χ0n) is 13.6. The zero-order valence-corrected chi connectivity index (χ0v) is 13.6. The first-order chi connectivity index (χ1) is 10.6. The molecule has 0 aromatic heterocycles. The van der Waals surface area contributed by atoms with E-state index in [1.165, 1.54) is 36.8 Å². The van der Waals surface area contributed by atoms with Gasteiger partial charge in [-0.3, -0.25) is 4.79 Å². The summed E-state index contributed by atoms with van der Waals surface area (Å²) >= 11 is 0. The molecule has 1 aromatic rings. The summed E-state index contributed by atoms with van der Waals surface area (Å²) in [6, 6.07) is 2.24. The van der Waals surface area contributed by atoms with Gasteiger partial charge in [-0.1, -0.05) is 18.9 Å².